The molecule has 13 heavy (non-hydrogen) atoms. The van der Waals surface area contributed by atoms with Gasteiger partial charge in [-0.15, -0.1) is 0 Å². The van der Waals surface area contributed by atoms with Gasteiger partial charge in [0.1, 0.15) is 0 Å². The molecule has 0 aromatic heterocycles. The van der Waals surface area contributed by atoms with E-state index >= 15 is 0 Å². The summed E-state index contributed by atoms with van der Waals surface area (Å²) in [6, 6.07) is 0. The molecular formula is C7H12O5S. The van der Waals surface area contributed by atoms with Crippen molar-refractivity contribution in [2.75, 3.05) is 0 Å². The van der Waals surface area contributed by atoms with E-state index in [4.69, 9.17) is 0 Å². The number of carbonyl (C=O) groups excluding carboxylic acids is 1. The van der Waals surface area contributed by atoms with Crippen LogP contribution < -0.4 is 0 Å². The Morgan fingerprint density at radius 3 is 2.15 bits per heavy atom. The van der Waals surface area contributed by atoms with Gasteiger partial charge in [0.25, 0.3) is 0 Å². The second-order valence-corrected chi connectivity index (χ2v) is 5.51. The molecule has 0 spiro atoms. The van der Waals surface area contributed by atoms with Crippen molar-refractivity contribution in [2.45, 2.75) is 25.5 Å². The fraction of sp³-hybridized carbons (Fsp3) is 0.571. The van der Waals surface area contributed by atoms with Crippen LogP contribution in [0.15, 0.2) is 12.7 Å². The van der Waals surface area contributed by atoms with E-state index in [0.29, 0.717) is 0 Å². The van der Waals surface area contributed by atoms with Gasteiger partial charge in [0, 0.05) is 6.08 Å². The lowest BCUT2D eigenvalue weighted by molar-refractivity contribution is -0.205. The van der Waals surface area contributed by atoms with Crippen LogP contribution in [0.2, 0.25) is 0 Å². The lowest BCUT2D eigenvalue weighted by Crippen LogP contribution is -2.30. The van der Waals surface area contributed by atoms with E-state index in [9.17, 15) is 13.2 Å². The van der Waals surface area contributed by atoms with E-state index in [1.165, 1.54) is 20.8 Å². The predicted molar refractivity (Wildman–Crippen MR) is 46.0 cm³/mol. The van der Waals surface area contributed by atoms with Crippen molar-refractivity contribution < 1.29 is 22.4 Å². The number of hydrogen-bond acceptors (Lipinski definition) is 5. The summed E-state index contributed by atoms with van der Waals surface area (Å²) >= 11 is 0. The summed E-state index contributed by atoms with van der Waals surface area (Å²) in [4.78, 5) is 14.4. The zero-order valence-electron chi connectivity index (χ0n) is 7.73. The summed E-state index contributed by atoms with van der Waals surface area (Å²) in [5, 5.41) is 0. The van der Waals surface area contributed by atoms with Gasteiger partial charge in [0.15, 0.2) is 0 Å². The first-order valence-electron chi connectivity index (χ1n) is 3.48. The van der Waals surface area contributed by atoms with Gasteiger partial charge in [-0.1, -0.05) is 10.9 Å². The highest BCUT2D eigenvalue weighted by Crippen LogP contribution is 2.17. The van der Waals surface area contributed by atoms with E-state index in [-0.39, 0.29) is 0 Å². The maximum Gasteiger partial charge on any atom is 0.366 e. The zero-order valence-corrected chi connectivity index (χ0v) is 8.55. The average Bonchev–Trinajstić information content (AvgIpc) is 1.98. The predicted octanol–water partition coefficient (Wildman–Crippen LogP) is 0.775. The summed E-state index contributed by atoms with van der Waals surface area (Å²) < 4.78 is 25.1. The third-order valence-corrected chi connectivity index (χ3v) is 2.87. The molecule has 5 nitrogen and oxygen atoms in total. The normalized spacial score (nSPS) is 12.2. The molecule has 0 unspecified atom stereocenters. The van der Waals surface area contributed by atoms with Crippen LogP contribution in [-0.2, 0) is 24.1 Å². The molecule has 0 amide bonds. The molecule has 0 bridgehead atoms. The number of carbonyl (C=O) groups is 1. The smallest absolute Gasteiger partial charge is 0.277 e. The molecule has 76 valence electrons. The van der Waals surface area contributed by atoms with Crippen molar-refractivity contribution in [1.29, 1.82) is 0 Å². The van der Waals surface area contributed by atoms with E-state index in [2.05, 4.69) is 15.8 Å². The fourth-order valence-electron chi connectivity index (χ4n) is 0.214. The Labute approximate surface area is 77.4 Å². The molecule has 0 aliphatic heterocycles. The van der Waals surface area contributed by atoms with Gasteiger partial charge in [-0.3, -0.25) is 4.89 Å². The Kier molecular flexibility index (Phi) is 3.62. The van der Waals surface area contributed by atoms with Crippen LogP contribution in [0.5, 0.6) is 0 Å². The van der Waals surface area contributed by atoms with Crippen LogP contribution in [-0.4, -0.2) is 19.1 Å². The van der Waals surface area contributed by atoms with E-state index < -0.39 is 20.8 Å². The van der Waals surface area contributed by atoms with E-state index in [1.54, 1.807) is 0 Å². The molecule has 0 saturated carbocycles. The van der Waals surface area contributed by atoms with Gasteiger partial charge < -0.3 is 0 Å². The highest BCUT2D eigenvalue weighted by Gasteiger charge is 2.32. The van der Waals surface area contributed by atoms with Crippen molar-refractivity contribution in [3.05, 3.63) is 12.7 Å². The van der Waals surface area contributed by atoms with Gasteiger partial charge in [0.2, 0.25) is 0 Å². The second kappa shape index (κ2) is 3.89. The molecule has 0 saturated heterocycles. The lowest BCUT2D eigenvalue weighted by Gasteiger charge is -2.15. The van der Waals surface area contributed by atoms with Crippen LogP contribution >= 0.6 is 0 Å². The summed E-state index contributed by atoms with van der Waals surface area (Å²) in [5.41, 5.74) is 0. The minimum Gasteiger partial charge on any atom is -0.277 e. The second-order valence-electron chi connectivity index (χ2n) is 3.24. The number of rotatable bonds is 3. The first-order valence-corrected chi connectivity index (χ1v) is 4.88. The molecule has 0 rings (SSSR count). The molecule has 0 aliphatic rings. The van der Waals surface area contributed by atoms with Crippen LogP contribution in [0.25, 0.3) is 0 Å². The Bertz CT molecular complexity index is 295. The Morgan fingerprint density at radius 1 is 1.38 bits per heavy atom. The topological polar surface area (TPSA) is 69.7 Å². The van der Waals surface area contributed by atoms with Crippen molar-refractivity contribution in [1.82, 2.24) is 0 Å². The highest BCUT2D eigenvalue weighted by molar-refractivity contribution is 7.88. The van der Waals surface area contributed by atoms with Crippen molar-refractivity contribution in [3.63, 3.8) is 0 Å². The first kappa shape index (κ1) is 12.1. The van der Waals surface area contributed by atoms with E-state index in [0.717, 1.165) is 6.08 Å². The van der Waals surface area contributed by atoms with Crippen LogP contribution in [0.3, 0.4) is 0 Å². The molecule has 6 heteroatoms. The molecule has 0 aromatic rings. The quantitative estimate of drug-likeness (QED) is 0.389. The monoisotopic (exact) mass is 208 g/mol. The zero-order chi connectivity index (χ0) is 10.7. The summed E-state index contributed by atoms with van der Waals surface area (Å²) in [7, 11) is -3.89. The molecule has 0 atom stereocenters. The third kappa shape index (κ3) is 3.56. The maximum absolute atomic E-state index is 11.1. The highest BCUT2D eigenvalue weighted by atomic mass is 32.2. The van der Waals surface area contributed by atoms with Gasteiger partial charge in [0.05, 0.1) is 4.75 Å². The Morgan fingerprint density at radius 2 is 1.85 bits per heavy atom. The lowest BCUT2D eigenvalue weighted by atomic mass is 10.3. The van der Waals surface area contributed by atoms with E-state index in [1.807, 2.05) is 0 Å². The largest absolute Gasteiger partial charge is 0.366 e. The van der Waals surface area contributed by atoms with Crippen LogP contribution in [0.4, 0.5) is 0 Å². The summed E-state index contributed by atoms with van der Waals surface area (Å²) in [6.45, 7) is 7.34. The van der Waals surface area contributed by atoms with Gasteiger partial charge in [-0.25, -0.2) is 4.79 Å². The summed E-state index contributed by atoms with van der Waals surface area (Å²) in [6.07, 6.45) is 0.804. The minimum atomic E-state index is -3.89. The average molecular weight is 208 g/mol. The molecule has 0 radical (unpaired) electrons. The molecule has 0 N–H and O–H groups in total. The third-order valence-electron chi connectivity index (χ3n) is 1.12. The van der Waals surface area contributed by atoms with Gasteiger partial charge in [-0.2, -0.15) is 8.42 Å². The first-order chi connectivity index (χ1) is 5.70. The van der Waals surface area contributed by atoms with Gasteiger partial charge in [-0.05, 0) is 20.8 Å². The van der Waals surface area contributed by atoms with Crippen molar-refractivity contribution in [3.8, 4) is 0 Å². The Hall–Kier alpha value is -0.880. The van der Waals surface area contributed by atoms with Crippen molar-refractivity contribution in [2.24, 2.45) is 0 Å². The molecule has 0 fully saturated rings. The SMILES string of the molecule is C=CC(=O)OOS(=O)(=O)C(C)(C)C. The number of hydrogen-bond donors (Lipinski definition) is 0. The maximum atomic E-state index is 11.1. The molecule has 0 aromatic carbocycles. The van der Waals surface area contributed by atoms with Crippen LogP contribution in [0.1, 0.15) is 20.8 Å². The van der Waals surface area contributed by atoms with Gasteiger partial charge >= 0.3 is 16.1 Å². The van der Waals surface area contributed by atoms with Crippen molar-refractivity contribution >= 4 is 16.1 Å². The molecule has 0 aliphatic carbocycles. The standard InChI is InChI=1S/C7H12O5S/c1-5-6(8)11-12-13(9,10)7(2,3)4/h5H,1H2,2-4H3. The Balaban J connectivity index is 4.39. The molecular weight excluding hydrogens is 196 g/mol. The minimum absolute atomic E-state index is 0.804. The molecule has 0 heterocycles. The summed E-state index contributed by atoms with van der Waals surface area (Å²) in [5.74, 6) is -0.951. The van der Waals surface area contributed by atoms with Crippen LogP contribution in [0, 0.1) is 0 Å². The fourth-order valence-corrected chi connectivity index (χ4v) is 0.575.